The first-order valence-electron chi connectivity index (χ1n) is 5.36. The van der Waals surface area contributed by atoms with E-state index in [-0.39, 0.29) is 6.04 Å². The van der Waals surface area contributed by atoms with Gasteiger partial charge in [-0.3, -0.25) is 0 Å². The summed E-state index contributed by atoms with van der Waals surface area (Å²) >= 11 is 1.75. The number of aromatic nitrogens is 1. The van der Waals surface area contributed by atoms with Gasteiger partial charge in [0.15, 0.2) is 0 Å². The van der Waals surface area contributed by atoms with Crippen molar-refractivity contribution in [2.24, 2.45) is 0 Å². The molecule has 0 radical (unpaired) electrons. The van der Waals surface area contributed by atoms with E-state index in [1.807, 2.05) is 19.1 Å². The second-order valence-corrected chi connectivity index (χ2v) is 5.26. The van der Waals surface area contributed by atoms with Crippen LogP contribution < -0.4 is 5.32 Å². The van der Waals surface area contributed by atoms with Gasteiger partial charge in [-0.2, -0.15) is 0 Å². The molecule has 1 atom stereocenters. The lowest BCUT2D eigenvalue weighted by molar-refractivity contribution is 0.457. The second-order valence-electron chi connectivity index (χ2n) is 3.86. The summed E-state index contributed by atoms with van der Waals surface area (Å²) in [6, 6.07) is 4.13. The van der Waals surface area contributed by atoms with Gasteiger partial charge in [0.1, 0.15) is 5.76 Å². The van der Waals surface area contributed by atoms with Gasteiger partial charge >= 0.3 is 0 Å². The Hall–Kier alpha value is -1.13. The quantitative estimate of drug-likeness (QED) is 0.885. The summed E-state index contributed by atoms with van der Waals surface area (Å²) in [5, 5.41) is 4.53. The molecule has 2 rings (SSSR count). The molecule has 1 N–H and O–H groups in total. The van der Waals surface area contributed by atoms with Gasteiger partial charge in [-0.05, 0) is 32.9 Å². The predicted molar refractivity (Wildman–Crippen MR) is 65.6 cm³/mol. The van der Waals surface area contributed by atoms with Crippen LogP contribution in [0.1, 0.15) is 34.3 Å². The predicted octanol–water partition coefficient (Wildman–Crippen LogP) is 3.20. The minimum absolute atomic E-state index is 0.259. The van der Waals surface area contributed by atoms with Crippen LogP contribution in [0.2, 0.25) is 0 Å². The van der Waals surface area contributed by atoms with Crippen molar-refractivity contribution in [3.8, 4) is 0 Å². The van der Waals surface area contributed by atoms with Crippen molar-refractivity contribution >= 4 is 11.3 Å². The van der Waals surface area contributed by atoms with Gasteiger partial charge in [-0.25, -0.2) is 4.98 Å². The zero-order valence-electron chi connectivity index (χ0n) is 9.78. The smallest absolute Gasteiger partial charge is 0.117 e. The highest BCUT2D eigenvalue weighted by Crippen LogP contribution is 2.22. The number of thiazole rings is 1. The minimum atomic E-state index is 0.259. The molecule has 16 heavy (non-hydrogen) atoms. The number of rotatable bonds is 4. The summed E-state index contributed by atoms with van der Waals surface area (Å²) in [6.45, 7) is 7.03. The first-order chi connectivity index (χ1) is 7.66. The van der Waals surface area contributed by atoms with Crippen molar-refractivity contribution < 1.29 is 4.42 Å². The van der Waals surface area contributed by atoms with Crippen LogP contribution in [0.5, 0.6) is 0 Å². The SMILES string of the molecule is Cc1nc(C(C)NCc2ccco2)c(C)s1. The van der Waals surface area contributed by atoms with E-state index >= 15 is 0 Å². The van der Waals surface area contributed by atoms with E-state index in [0.29, 0.717) is 0 Å². The first-order valence-corrected chi connectivity index (χ1v) is 6.18. The Morgan fingerprint density at radius 1 is 1.50 bits per heavy atom. The van der Waals surface area contributed by atoms with Crippen molar-refractivity contribution in [2.45, 2.75) is 33.4 Å². The van der Waals surface area contributed by atoms with Gasteiger partial charge in [0, 0.05) is 10.9 Å². The molecule has 2 heterocycles. The lowest BCUT2D eigenvalue weighted by atomic mass is 10.2. The fourth-order valence-electron chi connectivity index (χ4n) is 1.71. The van der Waals surface area contributed by atoms with E-state index in [1.54, 1.807) is 17.6 Å². The van der Waals surface area contributed by atoms with Gasteiger partial charge in [-0.1, -0.05) is 0 Å². The Morgan fingerprint density at radius 2 is 2.31 bits per heavy atom. The molecule has 0 aliphatic rings. The van der Waals surface area contributed by atoms with Gasteiger partial charge < -0.3 is 9.73 Å². The van der Waals surface area contributed by atoms with Crippen LogP contribution >= 0.6 is 11.3 Å². The molecule has 86 valence electrons. The lowest BCUT2D eigenvalue weighted by Crippen LogP contribution is -2.18. The number of nitrogens with one attached hydrogen (secondary N) is 1. The lowest BCUT2D eigenvalue weighted by Gasteiger charge is -2.11. The summed E-state index contributed by atoms with van der Waals surface area (Å²) in [4.78, 5) is 5.82. The standard InChI is InChI=1S/C12H16N2OS/c1-8(12-9(2)16-10(3)14-12)13-7-11-5-4-6-15-11/h4-6,8,13H,7H2,1-3H3. The van der Waals surface area contributed by atoms with Crippen LogP contribution in [0.3, 0.4) is 0 Å². The third-order valence-corrected chi connectivity index (χ3v) is 3.41. The van der Waals surface area contributed by atoms with Crippen molar-refractivity contribution in [1.82, 2.24) is 10.3 Å². The fourth-order valence-corrected chi connectivity index (χ4v) is 2.62. The molecule has 1 unspecified atom stereocenters. The monoisotopic (exact) mass is 236 g/mol. The highest BCUT2D eigenvalue weighted by atomic mass is 32.1. The van der Waals surface area contributed by atoms with E-state index < -0.39 is 0 Å². The second kappa shape index (κ2) is 4.80. The average Bonchev–Trinajstić information content (AvgIpc) is 2.84. The van der Waals surface area contributed by atoms with E-state index in [9.17, 15) is 0 Å². The van der Waals surface area contributed by atoms with Crippen molar-refractivity contribution in [3.63, 3.8) is 0 Å². The average molecular weight is 236 g/mol. The molecule has 0 aliphatic carbocycles. The van der Waals surface area contributed by atoms with Crippen LogP contribution in [-0.2, 0) is 6.54 Å². The van der Waals surface area contributed by atoms with Crippen molar-refractivity contribution in [3.05, 3.63) is 39.7 Å². The van der Waals surface area contributed by atoms with E-state index in [0.717, 1.165) is 23.0 Å². The molecule has 0 aliphatic heterocycles. The summed E-state index contributed by atoms with van der Waals surface area (Å²) in [7, 11) is 0. The van der Waals surface area contributed by atoms with E-state index in [2.05, 4.69) is 24.1 Å². The molecule has 2 aromatic rings. The molecular formula is C12H16N2OS. The van der Waals surface area contributed by atoms with E-state index in [1.165, 1.54) is 4.88 Å². The fraction of sp³-hybridized carbons (Fsp3) is 0.417. The molecule has 0 aromatic carbocycles. The molecule has 0 saturated heterocycles. The zero-order valence-corrected chi connectivity index (χ0v) is 10.6. The Bertz CT molecular complexity index is 448. The highest BCUT2D eigenvalue weighted by Gasteiger charge is 2.12. The van der Waals surface area contributed by atoms with Crippen LogP contribution in [0.25, 0.3) is 0 Å². The van der Waals surface area contributed by atoms with Crippen LogP contribution in [0.15, 0.2) is 22.8 Å². The number of aryl methyl sites for hydroxylation is 2. The highest BCUT2D eigenvalue weighted by molar-refractivity contribution is 7.11. The summed E-state index contributed by atoms with van der Waals surface area (Å²) < 4.78 is 5.27. The van der Waals surface area contributed by atoms with Crippen molar-refractivity contribution in [2.75, 3.05) is 0 Å². The molecule has 0 amide bonds. The molecule has 0 saturated carbocycles. The normalized spacial score (nSPS) is 12.9. The molecule has 4 heteroatoms. The van der Waals surface area contributed by atoms with Gasteiger partial charge in [0.25, 0.3) is 0 Å². The van der Waals surface area contributed by atoms with Crippen molar-refractivity contribution in [1.29, 1.82) is 0 Å². The summed E-state index contributed by atoms with van der Waals surface area (Å²) in [5.41, 5.74) is 1.15. The number of furan rings is 1. The van der Waals surface area contributed by atoms with Crippen LogP contribution in [-0.4, -0.2) is 4.98 Å². The van der Waals surface area contributed by atoms with Gasteiger partial charge in [0.05, 0.1) is 23.5 Å². The summed E-state index contributed by atoms with van der Waals surface area (Å²) in [5.74, 6) is 0.955. The minimum Gasteiger partial charge on any atom is -0.468 e. The third kappa shape index (κ3) is 2.51. The number of hydrogen-bond donors (Lipinski definition) is 1. The molecule has 0 fully saturated rings. The Kier molecular flexibility index (Phi) is 3.41. The Morgan fingerprint density at radius 3 is 2.88 bits per heavy atom. The van der Waals surface area contributed by atoms with Gasteiger partial charge in [0.2, 0.25) is 0 Å². The topological polar surface area (TPSA) is 38.1 Å². The Balaban J connectivity index is 1.98. The third-order valence-electron chi connectivity index (χ3n) is 2.51. The van der Waals surface area contributed by atoms with Gasteiger partial charge in [-0.15, -0.1) is 11.3 Å². The van der Waals surface area contributed by atoms with Crippen LogP contribution in [0, 0.1) is 13.8 Å². The molecule has 0 spiro atoms. The molecular weight excluding hydrogens is 220 g/mol. The maximum absolute atomic E-state index is 5.27. The first kappa shape index (κ1) is 11.4. The summed E-state index contributed by atoms with van der Waals surface area (Å²) in [6.07, 6.45) is 1.69. The van der Waals surface area contributed by atoms with E-state index in [4.69, 9.17) is 4.42 Å². The molecule has 2 aromatic heterocycles. The van der Waals surface area contributed by atoms with Crippen LogP contribution in [0.4, 0.5) is 0 Å². The largest absolute Gasteiger partial charge is 0.468 e. The Labute approximate surface area is 99.5 Å². The number of hydrogen-bond acceptors (Lipinski definition) is 4. The maximum atomic E-state index is 5.27. The maximum Gasteiger partial charge on any atom is 0.117 e. The molecule has 3 nitrogen and oxygen atoms in total. The number of nitrogens with zero attached hydrogens (tertiary/aromatic N) is 1. The zero-order chi connectivity index (χ0) is 11.5. The molecule has 0 bridgehead atoms.